The third-order valence-electron chi connectivity index (χ3n) is 4.56. The Labute approximate surface area is 116 Å². The number of hydrogen-bond donors (Lipinski definition) is 1. The van der Waals surface area contributed by atoms with Gasteiger partial charge in [-0.25, -0.2) is 0 Å². The summed E-state index contributed by atoms with van der Waals surface area (Å²) in [4.78, 5) is 0. The highest BCUT2D eigenvalue weighted by atomic mass is 14.5. The Morgan fingerprint density at radius 1 is 0.944 bits per heavy atom. The zero-order valence-electron chi connectivity index (χ0n) is 13.9. The minimum Gasteiger partial charge on any atom is -0.330 e. The van der Waals surface area contributed by atoms with Crippen LogP contribution in [0.5, 0.6) is 0 Å². The van der Waals surface area contributed by atoms with Crippen LogP contribution in [0.2, 0.25) is 0 Å². The molecule has 0 aliphatic carbocycles. The van der Waals surface area contributed by atoms with Gasteiger partial charge in [0.15, 0.2) is 0 Å². The van der Waals surface area contributed by atoms with Crippen molar-refractivity contribution >= 4 is 0 Å². The second-order valence-corrected chi connectivity index (χ2v) is 7.76. The monoisotopic (exact) mass is 255 g/mol. The zero-order chi connectivity index (χ0) is 14.3. The fourth-order valence-electron chi connectivity index (χ4n) is 2.99. The third kappa shape index (κ3) is 7.41. The molecule has 2 N–H and O–H groups in total. The fraction of sp³-hybridized carbons (Fsp3) is 1.00. The summed E-state index contributed by atoms with van der Waals surface area (Å²) in [6.45, 7) is 17.4. The van der Waals surface area contributed by atoms with Crippen LogP contribution in [0.4, 0.5) is 0 Å². The van der Waals surface area contributed by atoms with Crippen LogP contribution in [0.25, 0.3) is 0 Å². The molecular weight excluding hydrogens is 218 g/mol. The predicted molar refractivity (Wildman–Crippen MR) is 83.6 cm³/mol. The number of nitrogens with two attached hydrogens (primary N) is 1. The first-order chi connectivity index (χ1) is 8.19. The second-order valence-electron chi connectivity index (χ2n) is 7.76. The summed E-state index contributed by atoms with van der Waals surface area (Å²) in [5.74, 6) is 3.21. The van der Waals surface area contributed by atoms with Crippen molar-refractivity contribution in [3.05, 3.63) is 0 Å². The lowest BCUT2D eigenvalue weighted by Crippen LogP contribution is -2.25. The van der Waals surface area contributed by atoms with Gasteiger partial charge in [0, 0.05) is 0 Å². The van der Waals surface area contributed by atoms with Crippen molar-refractivity contribution in [1.29, 1.82) is 0 Å². The molecule has 0 fully saturated rings. The summed E-state index contributed by atoms with van der Waals surface area (Å²) >= 11 is 0. The predicted octanol–water partition coefficient (Wildman–Crippen LogP) is 5.10. The van der Waals surface area contributed by atoms with Crippen LogP contribution >= 0.6 is 0 Å². The molecule has 0 heterocycles. The molecule has 0 spiro atoms. The van der Waals surface area contributed by atoms with Crippen LogP contribution in [-0.4, -0.2) is 6.54 Å². The van der Waals surface area contributed by atoms with Crippen LogP contribution in [0.3, 0.4) is 0 Å². The zero-order valence-corrected chi connectivity index (χ0v) is 13.9. The molecule has 2 atom stereocenters. The maximum Gasteiger partial charge on any atom is -0.00746 e. The van der Waals surface area contributed by atoms with Gasteiger partial charge in [-0.3, -0.25) is 0 Å². The lowest BCUT2D eigenvalue weighted by Gasteiger charge is -2.34. The highest BCUT2D eigenvalue weighted by molar-refractivity contribution is 4.78. The van der Waals surface area contributed by atoms with E-state index in [4.69, 9.17) is 5.73 Å². The Morgan fingerprint density at radius 3 is 1.89 bits per heavy atom. The SMILES string of the molecule is CC(C)CC(C)CC(CCN)CC(C)(C)C(C)C. The molecule has 1 heteroatoms. The molecule has 0 bridgehead atoms. The minimum atomic E-state index is 0.442. The summed E-state index contributed by atoms with van der Waals surface area (Å²) in [6.07, 6.45) is 5.22. The molecule has 0 aliphatic heterocycles. The summed E-state index contributed by atoms with van der Waals surface area (Å²) in [5, 5.41) is 0. The molecule has 0 saturated carbocycles. The van der Waals surface area contributed by atoms with Crippen LogP contribution in [-0.2, 0) is 0 Å². The van der Waals surface area contributed by atoms with Crippen molar-refractivity contribution in [1.82, 2.24) is 0 Å². The molecule has 110 valence electrons. The van der Waals surface area contributed by atoms with E-state index in [0.29, 0.717) is 5.41 Å². The maximum absolute atomic E-state index is 5.80. The molecule has 2 unspecified atom stereocenters. The Balaban J connectivity index is 4.38. The largest absolute Gasteiger partial charge is 0.330 e. The van der Waals surface area contributed by atoms with Crippen LogP contribution in [0.1, 0.15) is 74.1 Å². The van der Waals surface area contributed by atoms with Gasteiger partial charge in [0.05, 0.1) is 0 Å². The molecule has 1 nitrogen and oxygen atoms in total. The minimum absolute atomic E-state index is 0.442. The van der Waals surface area contributed by atoms with Gasteiger partial charge < -0.3 is 5.73 Å². The molecule has 0 aromatic carbocycles. The first-order valence-electron chi connectivity index (χ1n) is 7.89. The standard InChI is InChI=1S/C17H37N/c1-13(2)10-15(5)11-16(8-9-18)12-17(6,7)14(3)4/h13-16H,8-12,18H2,1-7H3. The second kappa shape index (κ2) is 8.19. The van der Waals surface area contributed by atoms with Crippen molar-refractivity contribution in [3.8, 4) is 0 Å². The van der Waals surface area contributed by atoms with Gasteiger partial charge in [-0.05, 0) is 61.3 Å². The summed E-state index contributed by atoms with van der Waals surface area (Å²) in [7, 11) is 0. The molecule has 0 radical (unpaired) electrons. The first-order valence-corrected chi connectivity index (χ1v) is 7.89. The first kappa shape index (κ1) is 18.0. The van der Waals surface area contributed by atoms with E-state index in [0.717, 1.165) is 30.2 Å². The van der Waals surface area contributed by atoms with E-state index >= 15 is 0 Å². The van der Waals surface area contributed by atoms with Crippen molar-refractivity contribution in [2.75, 3.05) is 6.54 Å². The molecule has 0 amide bonds. The van der Waals surface area contributed by atoms with Gasteiger partial charge in [-0.1, -0.05) is 48.5 Å². The van der Waals surface area contributed by atoms with E-state index < -0.39 is 0 Å². The lowest BCUT2D eigenvalue weighted by atomic mass is 9.71. The Bertz CT molecular complexity index is 206. The van der Waals surface area contributed by atoms with Gasteiger partial charge in [-0.2, -0.15) is 0 Å². The molecular formula is C17H37N. The normalized spacial score (nSPS) is 16.3. The van der Waals surface area contributed by atoms with Gasteiger partial charge in [0.1, 0.15) is 0 Å². The van der Waals surface area contributed by atoms with E-state index in [2.05, 4.69) is 48.5 Å². The van der Waals surface area contributed by atoms with Crippen molar-refractivity contribution < 1.29 is 0 Å². The Kier molecular flexibility index (Phi) is 8.18. The Hall–Kier alpha value is -0.0400. The fourth-order valence-corrected chi connectivity index (χ4v) is 2.99. The lowest BCUT2D eigenvalue weighted by molar-refractivity contribution is 0.165. The smallest absolute Gasteiger partial charge is 0.00746 e. The van der Waals surface area contributed by atoms with Gasteiger partial charge in [0.2, 0.25) is 0 Å². The molecule has 0 aromatic heterocycles. The number of rotatable bonds is 9. The highest BCUT2D eigenvalue weighted by Gasteiger charge is 2.27. The summed E-state index contributed by atoms with van der Waals surface area (Å²) in [5.41, 5.74) is 6.24. The van der Waals surface area contributed by atoms with Crippen molar-refractivity contribution in [3.63, 3.8) is 0 Å². The van der Waals surface area contributed by atoms with Crippen molar-refractivity contribution in [2.45, 2.75) is 74.1 Å². The van der Waals surface area contributed by atoms with E-state index in [1.165, 1.54) is 25.7 Å². The molecule has 0 saturated heterocycles. The number of hydrogen-bond acceptors (Lipinski definition) is 1. The molecule has 0 aromatic rings. The van der Waals surface area contributed by atoms with E-state index in [1.807, 2.05) is 0 Å². The maximum atomic E-state index is 5.80. The Morgan fingerprint density at radius 2 is 1.50 bits per heavy atom. The molecule has 0 aliphatic rings. The average molecular weight is 255 g/mol. The third-order valence-corrected chi connectivity index (χ3v) is 4.56. The molecule has 0 rings (SSSR count). The topological polar surface area (TPSA) is 26.0 Å². The molecule has 18 heavy (non-hydrogen) atoms. The van der Waals surface area contributed by atoms with E-state index in [-0.39, 0.29) is 0 Å². The van der Waals surface area contributed by atoms with Gasteiger partial charge in [-0.15, -0.1) is 0 Å². The quantitative estimate of drug-likeness (QED) is 0.609. The summed E-state index contributed by atoms with van der Waals surface area (Å²) < 4.78 is 0. The van der Waals surface area contributed by atoms with Gasteiger partial charge >= 0.3 is 0 Å². The van der Waals surface area contributed by atoms with Crippen LogP contribution in [0.15, 0.2) is 0 Å². The highest BCUT2D eigenvalue weighted by Crippen LogP contribution is 2.37. The van der Waals surface area contributed by atoms with E-state index in [1.54, 1.807) is 0 Å². The van der Waals surface area contributed by atoms with Crippen LogP contribution < -0.4 is 5.73 Å². The average Bonchev–Trinajstić information content (AvgIpc) is 2.15. The van der Waals surface area contributed by atoms with Crippen LogP contribution in [0, 0.1) is 29.1 Å². The van der Waals surface area contributed by atoms with Crippen molar-refractivity contribution in [2.24, 2.45) is 34.8 Å². The van der Waals surface area contributed by atoms with E-state index in [9.17, 15) is 0 Å². The van der Waals surface area contributed by atoms with Gasteiger partial charge in [0.25, 0.3) is 0 Å². The summed E-state index contributed by atoms with van der Waals surface area (Å²) in [6, 6.07) is 0.